The van der Waals surface area contributed by atoms with E-state index in [1.165, 1.54) is 18.4 Å². The topological polar surface area (TPSA) is 20.2 Å². The van der Waals surface area contributed by atoms with Gasteiger partial charge in [0.15, 0.2) is 0 Å². The molecule has 0 amide bonds. The van der Waals surface area contributed by atoms with Crippen molar-refractivity contribution in [1.29, 1.82) is 0 Å². The summed E-state index contributed by atoms with van der Waals surface area (Å²) in [6, 6.07) is 8.58. The molecule has 1 aromatic carbocycles. The van der Waals surface area contributed by atoms with Gasteiger partial charge in [0.1, 0.15) is 0 Å². The lowest BCUT2D eigenvalue weighted by atomic mass is 9.68. The molecule has 118 valence electrons. The van der Waals surface area contributed by atoms with E-state index in [0.29, 0.717) is 17.3 Å². The van der Waals surface area contributed by atoms with Crippen molar-refractivity contribution >= 4 is 0 Å². The van der Waals surface area contributed by atoms with Crippen molar-refractivity contribution in [2.45, 2.75) is 72.3 Å². The minimum atomic E-state index is -0.285. The molecule has 1 aliphatic carbocycles. The number of aliphatic hydroxyl groups excluding tert-OH is 1. The summed E-state index contributed by atoms with van der Waals surface area (Å²) in [5.74, 6) is 1.80. The maximum atomic E-state index is 10.7. The zero-order valence-electron chi connectivity index (χ0n) is 14.4. The Labute approximate surface area is 130 Å². The van der Waals surface area contributed by atoms with Crippen molar-refractivity contribution in [3.63, 3.8) is 0 Å². The molecule has 1 atom stereocenters. The van der Waals surface area contributed by atoms with Crippen LogP contribution in [0.15, 0.2) is 24.3 Å². The molecule has 1 saturated carbocycles. The van der Waals surface area contributed by atoms with Crippen LogP contribution in [0.1, 0.15) is 83.5 Å². The minimum absolute atomic E-state index is 0.285. The van der Waals surface area contributed by atoms with Gasteiger partial charge >= 0.3 is 0 Å². The number of aliphatic hydroxyl groups is 1. The van der Waals surface area contributed by atoms with E-state index in [-0.39, 0.29) is 6.10 Å². The maximum Gasteiger partial charge on any atom is 0.0818 e. The lowest BCUT2D eigenvalue weighted by Crippen LogP contribution is -2.28. The van der Waals surface area contributed by atoms with Crippen molar-refractivity contribution in [3.05, 3.63) is 35.4 Å². The van der Waals surface area contributed by atoms with Crippen molar-refractivity contribution in [1.82, 2.24) is 0 Å². The highest BCUT2D eigenvalue weighted by Gasteiger charge is 2.32. The van der Waals surface area contributed by atoms with Crippen LogP contribution in [-0.2, 0) is 0 Å². The van der Waals surface area contributed by atoms with Gasteiger partial charge in [-0.1, -0.05) is 58.9 Å². The zero-order chi connectivity index (χ0) is 15.6. The normalized spacial score (nSPS) is 25.1. The van der Waals surface area contributed by atoms with Crippen molar-refractivity contribution < 1.29 is 5.11 Å². The Morgan fingerprint density at radius 3 is 1.81 bits per heavy atom. The highest BCUT2D eigenvalue weighted by molar-refractivity contribution is 5.26. The second kappa shape index (κ2) is 6.52. The van der Waals surface area contributed by atoms with Crippen LogP contribution in [0.2, 0.25) is 0 Å². The summed E-state index contributed by atoms with van der Waals surface area (Å²) < 4.78 is 0. The van der Waals surface area contributed by atoms with Crippen LogP contribution in [-0.4, -0.2) is 5.11 Å². The average molecular weight is 288 g/mol. The maximum absolute atomic E-state index is 10.7. The fourth-order valence-electron chi connectivity index (χ4n) is 3.65. The van der Waals surface area contributed by atoms with E-state index in [0.717, 1.165) is 24.3 Å². The molecule has 21 heavy (non-hydrogen) atoms. The third-order valence-corrected chi connectivity index (χ3v) is 5.39. The van der Waals surface area contributed by atoms with Gasteiger partial charge in [0.25, 0.3) is 0 Å². The van der Waals surface area contributed by atoms with Gasteiger partial charge in [-0.25, -0.2) is 0 Å². The Kier molecular flexibility index (Phi) is 5.14. The van der Waals surface area contributed by atoms with Gasteiger partial charge in [0, 0.05) is 0 Å². The minimum Gasteiger partial charge on any atom is -0.388 e. The molecule has 1 N–H and O–H groups in total. The Morgan fingerprint density at radius 2 is 1.38 bits per heavy atom. The third kappa shape index (κ3) is 4.10. The van der Waals surface area contributed by atoms with E-state index >= 15 is 0 Å². The van der Waals surface area contributed by atoms with Crippen molar-refractivity contribution in [2.75, 3.05) is 0 Å². The lowest BCUT2D eigenvalue weighted by Gasteiger charge is -2.38. The van der Waals surface area contributed by atoms with E-state index in [4.69, 9.17) is 0 Å². The molecule has 1 nitrogen and oxygen atoms in total. The molecule has 0 spiro atoms. The largest absolute Gasteiger partial charge is 0.388 e. The van der Waals surface area contributed by atoms with Gasteiger partial charge in [-0.2, -0.15) is 0 Å². The average Bonchev–Trinajstić information content (AvgIpc) is 2.46. The monoisotopic (exact) mass is 288 g/mol. The standard InChI is InChI=1S/C20H32O/c1-14(2)15-6-8-16(9-7-15)19(21)17-10-12-18(13-11-17)20(3,4)5/h6-9,14,17-19,21H,10-13H2,1-5H3. The Balaban J connectivity index is 1.97. The quantitative estimate of drug-likeness (QED) is 0.757. The molecule has 0 bridgehead atoms. The summed E-state index contributed by atoms with van der Waals surface area (Å²) in [6.07, 6.45) is 4.56. The summed E-state index contributed by atoms with van der Waals surface area (Å²) in [5, 5.41) is 10.7. The number of hydrogen-bond acceptors (Lipinski definition) is 1. The van der Waals surface area contributed by atoms with Crippen LogP contribution >= 0.6 is 0 Å². The van der Waals surface area contributed by atoms with Crippen LogP contribution in [0.5, 0.6) is 0 Å². The predicted molar refractivity (Wildman–Crippen MR) is 90.4 cm³/mol. The summed E-state index contributed by atoms with van der Waals surface area (Å²) in [5.41, 5.74) is 2.86. The molecule has 1 unspecified atom stereocenters. The van der Waals surface area contributed by atoms with Crippen LogP contribution in [0.25, 0.3) is 0 Å². The molecule has 1 fully saturated rings. The molecule has 0 radical (unpaired) electrons. The first-order valence-electron chi connectivity index (χ1n) is 8.57. The Bertz CT molecular complexity index is 430. The molecule has 1 heteroatoms. The van der Waals surface area contributed by atoms with Gasteiger partial charge in [-0.15, -0.1) is 0 Å². The summed E-state index contributed by atoms with van der Waals surface area (Å²) in [4.78, 5) is 0. The number of rotatable bonds is 3. The van der Waals surface area contributed by atoms with Crippen LogP contribution in [0.3, 0.4) is 0 Å². The molecule has 1 aromatic rings. The van der Waals surface area contributed by atoms with E-state index in [9.17, 15) is 5.11 Å². The Morgan fingerprint density at radius 1 is 0.905 bits per heavy atom. The molecular weight excluding hydrogens is 256 g/mol. The zero-order valence-corrected chi connectivity index (χ0v) is 14.4. The summed E-state index contributed by atoms with van der Waals surface area (Å²) >= 11 is 0. The first-order chi connectivity index (χ1) is 9.79. The fraction of sp³-hybridized carbons (Fsp3) is 0.700. The molecule has 0 saturated heterocycles. The molecule has 2 rings (SSSR count). The second-order valence-corrected chi connectivity index (χ2v) is 8.24. The molecule has 0 aliphatic heterocycles. The smallest absolute Gasteiger partial charge is 0.0818 e. The van der Waals surface area contributed by atoms with Crippen LogP contribution in [0.4, 0.5) is 0 Å². The predicted octanol–water partition coefficient (Wildman–Crippen LogP) is 5.70. The molecule has 0 heterocycles. The lowest BCUT2D eigenvalue weighted by molar-refractivity contribution is 0.0528. The van der Waals surface area contributed by atoms with Gasteiger partial charge < -0.3 is 5.11 Å². The molecule has 1 aliphatic rings. The highest BCUT2D eigenvalue weighted by atomic mass is 16.3. The summed E-state index contributed by atoms with van der Waals surface area (Å²) in [6.45, 7) is 11.5. The van der Waals surface area contributed by atoms with Crippen molar-refractivity contribution in [2.24, 2.45) is 17.3 Å². The van der Waals surface area contributed by atoms with Crippen LogP contribution < -0.4 is 0 Å². The fourth-order valence-corrected chi connectivity index (χ4v) is 3.65. The third-order valence-electron chi connectivity index (χ3n) is 5.39. The first kappa shape index (κ1) is 16.5. The highest BCUT2D eigenvalue weighted by Crippen LogP contribution is 2.43. The van der Waals surface area contributed by atoms with Crippen LogP contribution in [0, 0.1) is 17.3 Å². The van der Waals surface area contributed by atoms with E-state index in [2.05, 4.69) is 58.9 Å². The van der Waals surface area contributed by atoms with E-state index in [1.807, 2.05) is 0 Å². The SMILES string of the molecule is CC(C)c1ccc(C(O)C2CCC(C(C)(C)C)CC2)cc1. The first-order valence-corrected chi connectivity index (χ1v) is 8.57. The van der Waals surface area contributed by atoms with Gasteiger partial charge in [0.2, 0.25) is 0 Å². The van der Waals surface area contributed by atoms with Crippen molar-refractivity contribution in [3.8, 4) is 0 Å². The van der Waals surface area contributed by atoms with Gasteiger partial charge in [0.05, 0.1) is 6.10 Å². The number of benzene rings is 1. The second-order valence-electron chi connectivity index (χ2n) is 8.24. The Hall–Kier alpha value is -0.820. The molecule has 0 aromatic heterocycles. The van der Waals surface area contributed by atoms with E-state index in [1.54, 1.807) is 0 Å². The van der Waals surface area contributed by atoms with E-state index < -0.39 is 0 Å². The molecular formula is C20H32O. The number of hydrogen-bond donors (Lipinski definition) is 1. The van der Waals surface area contributed by atoms with Gasteiger partial charge in [-0.3, -0.25) is 0 Å². The summed E-state index contributed by atoms with van der Waals surface area (Å²) in [7, 11) is 0. The van der Waals surface area contributed by atoms with Gasteiger partial charge in [-0.05, 0) is 60.0 Å².